The van der Waals surface area contributed by atoms with E-state index < -0.39 is 11.8 Å². The van der Waals surface area contributed by atoms with Gasteiger partial charge in [0.05, 0.1) is 32.6 Å². The van der Waals surface area contributed by atoms with Crippen molar-refractivity contribution < 1.29 is 23.8 Å². The van der Waals surface area contributed by atoms with Crippen LogP contribution in [0, 0.1) is 13.8 Å². The number of hydrogen-bond acceptors (Lipinski definition) is 6. The molecule has 0 spiro atoms. The van der Waals surface area contributed by atoms with E-state index in [1.54, 1.807) is 37.4 Å². The molecule has 4 rings (SSSR count). The summed E-state index contributed by atoms with van der Waals surface area (Å²) in [5.74, 6) is 0.586. The summed E-state index contributed by atoms with van der Waals surface area (Å²) in [6, 6.07) is 18.1. The summed E-state index contributed by atoms with van der Waals surface area (Å²) in [7, 11) is 4.60. The summed E-state index contributed by atoms with van der Waals surface area (Å²) in [6.45, 7) is 3.86. The lowest BCUT2D eigenvalue weighted by Crippen LogP contribution is -2.32. The van der Waals surface area contributed by atoms with Gasteiger partial charge in [0.25, 0.3) is 11.8 Å². The van der Waals surface area contributed by atoms with Gasteiger partial charge in [-0.15, -0.1) is 0 Å². The number of nitrogens with one attached hydrogen (secondary N) is 1. The van der Waals surface area contributed by atoms with Crippen molar-refractivity contribution in [2.45, 2.75) is 13.8 Å². The van der Waals surface area contributed by atoms with Gasteiger partial charge in [-0.25, -0.2) is 4.90 Å². The Labute approximate surface area is 198 Å². The molecule has 3 aromatic rings. The highest BCUT2D eigenvalue weighted by Gasteiger charge is 2.41. The number of carbonyl (C=O) groups is 2. The smallest absolute Gasteiger partial charge is 0.282 e. The first-order valence-electron chi connectivity index (χ1n) is 10.7. The highest BCUT2D eigenvalue weighted by atomic mass is 16.5. The van der Waals surface area contributed by atoms with Crippen molar-refractivity contribution in [1.29, 1.82) is 0 Å². The predicted octanol–water partition coefficient (Wildman–Crippen LogP) is 4.73. The minimum absolute atomic E-state index is 0.171. The maximum absolute atomic E-state index is 13.7. The van der Waals surface area contributed by atoms with Gasteiger partial charge in [-0.05, 0) is 49.2 Å². The standard InChI is InChI=1S/C27H26N2O5/c1-16-6-9-18(10-7-16)24-25(28-19-11-13-22(33-4)23(15-19)34-5)27(31)29(26(24)30)20-14-17(2)8-12-21(20)32-3/h6-15,28H,1-5H3. The van der Waals surface area contributed by atoms with E-state index in [4.69, 9.17) is 14.2 Å². The monoisotopic (exact) mass is 458 g/mol. The van der Waals surface area contributed by atoms with Crippen LogP contribution >= 0.6 is 0 Å². The quantitative estimate of drug-likeness (QED) is 0.516. The summed E-state index contributed by atoms with van der Waals surface area (Å²) < 4.78 is 16.2. The Kier molecular flexibility index (Phi) is 6.27. The van der Waals surface area contributed by atoms with Crippen LogP contribution in [0.25, 0.3) is 5.57 Å². The van der Waals surface area contributed by atoms with Crippen molar-refractivity contribution in [2.75, 3.05) is 31.5 Å². The fraction of sp³-hybridized carbons (Fsp3) is 0.185. The molecule has 0 bridgehead atoms. The van der Waals surface area contributed by atoms with Crippen LogP contribution < -0.4 is 24.4 Å². The fourth-order valence-electron chi connectivity index (χ4n) is 3.89. The normalized spacial score (nSPS) is 13.4. The van der Waals surface area contributed by atoms with Crippen LogP contribution in [0.1, 0.15) is 16.7 Å². The number of hydrogen-bond donors (Lipinski definition) is 1. The lowest BCUT2D eigenvalue weighted by atomic mass is 10.0. The Bertz CT molecular complexity index is 1290. The van der Waals surface area contributed by atoms with Crippen LogP contribution in [0.5, 0.6) is 17.2 Å². The Morgan fingerprint density at radius 2 is 1.29 bits per heavy atom. The number of imide groups is 1. The number of anilines is 2. The molecule has 0 unspecified atom stereocenters. The molecule has 0 saturated heterocycles. The summed E-state index contributed by atoms with van der Waals surface area (Å²) in [6.07, 6.45) is 0. The topological polar surface area (TPSA) is 77.1 Å². The Hall–Kier alpha value is -4.26. The maximum Gasteiger partial charge on any atom is 0.282 e. The third-order valence-electron chi connectivity index (χ3n) is 5.65. The zero-order valence-electron chi connectivity index (χ0n) is 19.8. The lowest BCUT2D eigenvalue weighted by Gasteiger charge is -2.19. The first-order chi connectivity index (χ1) is 16.4. The van der Waals surface area contributed by atoms with Crippen molar-refractivity contribution >= 4 is 28.8 Å². The minimum atomic E-state index is -0.473. The van der Waals surface area contributed by atoms with Crippen LogP contribution in [-0.2, 0) is 9.59 Å². The third kappa shape index (κ3) is 4.08. The molecule has 0 radical (unpaired) electrons. The number of carbonyl (C=O) groups excluding carboxylic acids is 2. The van der Waals surface area contributed by atoms with Crippen molar-refractivity contribution in [2.24, 2.45) is 0 Å². The molecule has 34 heavy (non-hydrogen) atoms. The molecule has 1 heterocycles. The molecule has 1 aliphatic rings. The second-order valence-electron chi connectivity index (χ2n) is 7.93. The molecule has 0 aliphatic carbocycles. The van der Waals surface area contributed by atoms with Gasteiger partial charge in [0.2, 0.25) is 0 Å². The molecule has 3 aromatic carbocycles. The number of amides is 2. The maximum atomic E-state index is 13.7. The number of aryl methyl sites for hydroxylation is 2. The summed E-state index contributed by atoms with van der Waals surface area (Å²) in [5, 5.41) is 3.15. The average molecular weight is 459 g/mol. The highest BCUT2D eigenvalue weighted by Crippen LogP contribution is 2.39. The second kappa shape index (κ2) is 9.31. The van der Waals surface area contributed by atoms with Gasteiger partial charge in [0.1, 0.15) is 11.4 Å². The summed E-state index contributed by atoms with van der Waals surface area (Å²) in [4.78, 5) is 28.6. The summed E-state index contributed by atoms with van der Waals surface area (Å²) in [5.41, 5.74) is 4.01. The average Bonchev–Trinajstić information content (AvgIpc) is 3.08. The molecule has 2 amide bonds. The first kappa shape index (κ1) is 22.9. The minimum Gasteiger partial charge on any atom is -0.495 e. The zero-order valence-corrected chi connectivity index (χ0v) is 19.8. The molecule has 7 heteroatoms. The number of benzene rings is 3. The fourth-order valence-corrected chi connectivity index (χ4v) is 3.89. The Balaban J connectivity index is 1.84. The van der Waals surface area contributed by atoms with Crippen molar-refractivity contribution in [1.82, 2.24) is 0 Å². The zero-order chi connectivity index (χ0) is 24.4. The van der Waals surface area contributed by atoms with Gasteiger partial charge in [-0.1, -0.05) is 35.9 Å². The number of methoxy groups -OCH3 is 3. The molecule has 0 atom stereocenters. The molecule has 174 valence electrons. The largest absolute Gasteiger partial charge is 0.495 e. The lowest BCUT2D eigenvalue weighted by molar-refractivity contribution is -0.120. The van der Waals surface area contributed by atoms with Gasteiger partial charge in [-0.2, -0.15) is 0 Å². The molecular formula is C27H26N2O5. The van der Waals surface area contributed by atoms with Crippen molar-refractivity contribution in [3.05, 3.63) is 83.1 Å². The molecule has 0 aromatic heterocycles. The Morgan fingerprint density at radius 1 is 0.676 bits per heavy atom. The number of rotatable bonds is 7. The van der Waals surface area contributed by atoms with Crippen LogP contribution in [0.3, 0.4) is 0 Å². The van der Waals surface area contributed by atoms with Crippen LogP contribution in [0.4, 0.5) is 11.4 Å². The van der Waals surface area contributed by atoms with Gasteiger partial charge < -0.3 is 19.5 Å². The molecule has 7 nitrogen and oxygen atoms in total. The van der Waals surface area contributed by atoms with Crippen LogP contribution in [0.2, 0.25) is 0 Å². The van der Waals surface area contributed by atoms with Crippen molar-refractivity contribution in [3.8, 4) is 17.2 Å². The number of nitrogens with zero attached hydrogens (tertiary/aromatic N) is 1. The van der Waals surface area contributed by atoms with Crippen molar-refractivity contribution in [3.63, 3.8) is 0 Å². The SMILES string of the molecule is COc1ccc(NC2=C(c3ccc(C)cc3)C(=O)N(c3cc(C)ccc3OC)C2=O)cc1OC. The van der Waals surface area contributed by atoms with E-state index >= 15 is 0 Å². The molecule has 1 aliphatic heterocycles. The second-order valence-corrected chi connectivity index (χ2v) is 7.93. The van der Waals surface area contributed by atoms with E-state index in [2.05, 4.69) is 5.32 Å². The summed E-state index contributed by atoms with van der Waals surface area (Å²) >= 11 is 0. The van der Waals surface area contributed by atoms with E-state index in [0.717, 1.165) is 16.0 Å². The van der Waals surface area contributed by atoms with Gasteiger partial charge >= 0.3 is 0 Å². The first-order valence-corrected chi connectivity index (χ1v) is 10.7. The van der Waals surface area contributed by atoms with Gasteiger partial charge in [0, 0.05) is 11.8 Å². The Morgan fingerprint density at radius 3 is 1.94 bits per heavy atom. The van der Waals surface area contributed by atoms with Gasteiger partial charge in [-0.3, -0.25) is 9.59 Å². The van der Waals surface area contributed by atoms with E-state index in [-0.39, 0.29) is 11.3 Å². The third-order valence-corrected chi connectivity index (χ3v) is 5.65. The molecular weight excluding hydrogens is 432 g/mol. The van der Waals surface area contributed by atoms with E-state index in [1.165, 1.54) is 14.2 Å². The highest BCUT2D eigenvalue weighted by molar-refractivity contribution is 6.46. The van der Waals surface area contributed by atoms with E-state index in [1.807, 2.05) is 44.2 Å². The number of ether oxygens (including phenoxy) is 3. The molecule has 0 fully saturated rings. The van der Waals surface area contributed by atoms with Crippen LogP contribution in [-0.4, -0.2) is 33.1 Å². The van der Waals surface area contributed by atoms with E-state index in [9.17, 15) is 9.59 Å². The predicted molar refractivity (Wildman–Crippen MR) is 131 cm³/mol. The van der Waals surface area contributed by atoms with Crippen LogP contribution in [0.15, 0.2) is 66.4 Å². The molecule has 0 saturated carbocycles. The van der Waals surface area contributed by atoms with Gasteiger partial charge in [0.15, 0.2) is 11.5 Å². The van der Waals surface area contributed by atoms with E-state index in [0.29, 0.717) is 34.2 Å². The molecule has 1 N–H and O–H groups in total.